The number of aromatic nitrogens is 3. The van der Waals surface area contributed by atoms with E-state index in [2.05, 4.69) is 10.2 Å². The highest BCUT2D eigenvalue weighted by Gasteiger charge is 2.16. The summed E-state index contributed by atoms with van der Waals surface area (Å²) in [6.07, 6.45) is 1.59. The Morgan fingerprint density at radius 2 is 2.07 bits per heavy atom. The molecule has 0 aliphatic heterocycles. The lowest BCUT2D eigenvalue weighted by Crippen LogP contribution is -2.27. The van der Waals surface area contributed by atoms with Crippen molar-refractivity contribution >= 4 is 17.7 Å². The third kappa shape index (κ3) is 4.62. The van der Waals surface area contributed by atoms with E-state index < -0.39 is 0 Å². The number of hydrogen-bond acceptors (Lipinski definition) is 7. The fourth-order valence-corrected chi connectivity index (χ4v) is 3.20. The van der Waals surface area contributed by atoms with Crippen LogP contribution in [0.4, 0.5) is 0 Å². The fourth-order valence-electron chi connectivity index (χ4n) is 2.40. The fraction of sp³-hybridized carbons (Fsp3) is 0.278. The van der Waals surface area contributed by atoms with Crippen LogP contribution < -0.4 is 10.6 Å². The Bertz CT molecular complexity index is 877. The third-order valence-corrected chi connectivity index (χ3v) is 4.74. The molecule has 3 aromatic rings. The lowest BCUT2D eigenvalue weighted by molar-refractivity contribution is -0.127. The number of nitrogen functional groups attached to an aromatic ring is 1. The van der Waals surface area contributed by atoms with Gasteiger partial charge in [-0.1, -0.05) is 11.8 Å². The van der Waals surface area contributed by atoms with Gasteiger partial charge in [-0.15, -0.1) is 10.2 Å². The van der Waals surface area contributed by atoms with Crippen LogP contribution in [0.1, 0.15) is 12.7 Å². The largest absolute Gasteiger partial charge is 0.494 e. The van der Waals surface area contributed by atoms with Gasteiger partial charge in [-0.3, -0.25) is 4.79 Å². The molecule has 2 heterocycles. The van der Waals surface area contributed by atoms with E-state index in [1.54, 1.807) is 24.3 Å². The highest BCUT2D eigenvalue weighted by Crippen LogP contribution is 2.24. The first-order valence-electron chi connectivity index (χ1n) is 8.41. The summed E-state index contributed by atoms with van der Waals surface area (Å²) in [5.74, 6) is 8.29. The number of benzene rings is 1. The van der Waals surface area contributed by atoms with Crippen molar-refractivity contribution in [3.63, 3.8) is 0 Å². The molecule has 0 aliphatic carbocycles. The third-order valence-electron chi connectivity index (χ3n) is 3.81. The summed E-state index contributed by atoms with van der Waals surface area (Å²) >= 11 is 1.24. The van der Waals surface area contributed by atoms with E-state index in [9.17, 15) is 4.79 Å². The Morgan fingerprint density at radius 3 is 2.74 bits per heavy atom. The molecule has 1 amide bonds. The zero-order valence-corrected chi connectivity index (χ0v) is 16.0. The molecular formula is C18H21N5O3S. The standard InChI is InChI=1S/C18H21N5O3S/c1-3-25-14-8-6-13(7-9-14)17-20-21-18(23(17)19)27-12-16(24)22(2)11-15-5-4-10-26-15/h4-10H,3,11-12,19H2,1-2H3. The summed E-state index contributed by atoms with van der Waals surface area (Å²) in [5, 5.41) is 8.69. The first kappa shape index (κ1) is 18.8. The molecule has 3 rings (SSSR count). The van der Waals surface area contributed by atoms with Gasteiger partial charge in [0.25, 0.3) is 0 Å². The van der Waals surface area contributed by atoms with Crippen LogP contribution in [0.2, 0.25) is 0 Å². The number of nitrogens with zero attached hydrogens (tertiary/aromatic N) is 4. The van der Waals surface area contributed by atoms with Gasteiger partial charge < -0.3 is 19.9 Å². The number of hydrogen-bond donors (Lipinski definition) is 1. The smallest absolute Gasteiger partial charge is 0.233 e. The molecule has 9 heteroatoms. The lowest BCUT2D eigenvalue weighted by Gasteiger charge is -2.15. The minimum atomic E-state index is -0.0537. The van der Waals surface area contributed by atoms with Crippen LogP contribution in [0.25, 0.3) is 11.4 Å². The van der Waals surface area contributed by atoms with Crippen LogP contribution in [0, 0.1) is 0 Å². The molecule has 27 heavy (non-hydrogen) atoms. The first-order valence-corrected chi connectivity index (χ1v) is 9.40. The minimum Gasteiger partial charge on any atom is -0.494 e. The van der Waals surface area contributed by atoms with E-state index in [0.29, 0.717) is 24.1 Å². The number of carbonyl (C=O) groups excluding carboxylic acids is 1. The lowest BCUT2D eigenvalue weighted by atomic mass is 10.2. The van der Waals surface area contributed by atoms with Crippen molar-refractivity contribution in [2.75, 3.05) is 25.3 Å². The van der Waals surface area contributed by atoms with Gasteiger partial charge in [0.1, 0.15) is 11.5 Å². The van der Waals surface area contributed by atoms with Crippen molar-refractivity contribution in [2.45, 2.75) is 18.6 Å². The molecule has 0 unspecified atom stereocenters. The summed E-state index contributed by atoms with van der Waals surface area (Å²) < 4.78 is 12.1. The average molecular weight is 387 g/mol. The predicted molar refractivity (Wildman–Crippen MR) is 103 cm³/mol. The zero-order valence-electron chi connectivity index (χ0n) is 15.2. The van der Waals surface area contributed by atoms with E-state index in [1.165, 1.54) is 16.4 Å². The quantitative estimate of drug-likeness (QED) is 0.468. The van der Waals surface area contributed by atoms with Crippen molar-refractivity contribution in [3.05, 3.63) is 48.4 Å². The van der Waals surface area contributed by atoms with E-state index in [1.807, 2.05) is 37.3 Å². The van der Waals surface area contributed by atoms with E-state index >= 15 is 0 Å². The molecule has 142 valence electrons. The molecule has 0 bridgehead atoms. The maximum atomic E-state index is 12.3. The number of nitrogens with two attached hydrogens (primary N) is 1. The molecule has 0 spiro atoms. The molecule has 8 nitrogen and oxygen atoms in total. The molecular weight excluding hydrogens is 366 g/mol. The minimum absolute atomic E-state index is 0.0537. The molecule has 0 aliphatic rings. The monoisotopic (exact) mass is 387 g/mol. The van der Waals surface area contributed by atoms with Crippen molar-refractivity contribution in [3.8, 4) is 17.1 Å². The van der Waals surface area contributed by atoms with Gasteiger partial charge in [0.2, 0.25) is 11.1 Å². The van der Waals surface area contributed by atoms with Crippen molar-refractivity contribution in [1.82, 2.24) is 19.8 Å². The second-order valence-electron chi connectivity index (χ2n) is 5.75. The van der Waals surface area contributed by atoms with Crippen molar-refractivity contribution in [1.29, 1.82) is 0 Å². The van der Waals surface area contributed by atoms with Gasteiger partial charge in [0.15, 0.2) is 5.82 Å². The first-order chi connectivity index (χ1) is 13.1. The van der Waals surface area contributed by atoms with Crippen molar-refractivity contribution in [2.24, 2.45) is 0 Å². The number of rotatable bonds is 8. The molecule has 0 saturated carbocycles. The van der Waals surface area contributed by atoms with Gasteiger partial charge in [-0.05, 0) is 43.3 Å². The van der Waals surface area contributed by atoms with Gasteiger partial charge >= 0.3 is 0 Å². The Balaban J connectivity index is 1.60. The normalized spacial score (nSPS) is 10.7. The van der Waals surface area contributed by atoms with Crippen LogP contribution in [0.3, 0.4) is 0 Å². The van der Waals surface area contributed by atoms with Gasteiger partial charge in [-0.2, -0.15) is 0 Å². The molecule has 0 radical (unpaired) electrons. The van der Waals surface area contributed by atoms with Crippen LogP contribution in [-0.4, -0.2) is 45.1 Å². The number of carbonyl (C=O) groups is 1. The summed E-state index contributed by atoms with van der Waals surface area (Å²) in [5.41, 5.74) is 0.821. The van der Waals surface area contributed by atoms with Crippen LogP contribution >= 0.6 is 11.8 Å². The summed E-state index contributed by atoms with van der Waals surface area (Å²) in [6, 6.07) is 11.1. The summed E-state index contributed by atoms with van der Waals surface area (Å²) in [7, 11) is 1.73. The van der Waals surface area contributed by atoms with Crippen LogP contribution in [-0.2, 0) is 11.3 Å². The zero-order chi connectivity index (χ0) is 19.2. The van der Waals surface area contributed by atoms with Gasteiger partial charge in [-0.25, -0.2) is 4.68 Å². The predicted octanol–water partition coefficient (Wildman–Crippen LogP) is 2.40. The second kappa shape index (κ2) is 8.63. The van der Waals surface area contributed by atoms with Gasteiger partial charge in [0, 0.05) is 12.6 Å². The SMILES string of the molecule is CCOc1ccc(-c2nnc(SCC(=O)N(C)Cc3ccco3)n2N)cc1. The van der Waals surface area contributed by atoms with Crippen LogP contribution in [0.15, 0.2) is 52.2 Å². The molecule has 0 atom stereocenters. The molecule has 2 N–H and O–H groups in total. The van der Waals surface area contributed by atoms with E-state index in [-0.39, 0.29) is 11.7 Å². The number of furan rings is 1. The average Bonchev–Trinajstić information content (AvgIpc) is 3.30. The van der Waals surface area contributed by atoms with E-state index in [0.717, 1.165) is 17.1 Å². The Labute approximate surface area is 161 Å². The Hall–Kier alpha value is -2.94. The summed E-state index contributed by atoms with van der Waals surface area (Å²) in [4.78, 5) is 13.9. The highest BCUT2D eigenvalue weighted by molar-refractivity contribution is 7.99. The van der Waals surface area contributed by atoms with Gasteiger partial charge in [0.05, 0.1) is 25.2 Å². The number of ether oxygens (including phenoxy) is 1. The maximum Gasteiger partial charge on any atom is 0.233 e. The molecule has 1 aromatic carbocycles. The Morgan fingerprint density at radius 1 is 1.30 bits per heavy atom. The number of amides is 1. The Kier molecular flexibility index (Phi) is 6.02. The summed E-state index contributed by atoms with van der Waals surface area (Å²) in [6.45, 7) is 2.95. The topological polar surface area (TPSA) is 99.4 Å². The highest BCUT2D eigenvalue weighted by atomic mass is 32.2. The number of thioether (sulfide) groups is 1. The molecule has 0 fully saturated rings. The molecule has 0 saturated heterocycles. The second-order valence-corrected chi connectivity index (χ2v) is 6.69. The van der Waals surface area contributed by atoms with E-state index in [4.69, 9.17) is 15.0 Å². The van der Waals surface area contributed by atoms with Crippen LogP contribution in [0.5, 0.6) is 5.75 Å². The van der Waals surface area contributed by atoms with Crippen molar-refractivity contribution < 1.29 is 13.9 Å². The molecule has 2 aromatic heterocycles. The maximum absolute atomic E-state index is 12.3.